The van der Waals surface area contributed by atoms with Gasteiger partial charge in [-0.15, -0.1) is 0 Å². The van der Waals surface area contributed by atoms with E-state index in [0.29, 0.717) is 5.69 Å². The van der Waals surface area contributed by atoms with E-state index in [0.717, 1.165) is 0 Å². The Labute approximate surface area is 86.6 Å². The zero-order chi connectivity index (χ0) is 10.8. The number of nitrogens with one attached hydrogen (secondary N) is 2. The third kappa shape index (κ3) is 1.82. The van der Waals surface area contributed by atoms with Crippen LogP contribution in [0, 0.1) is 0 Å². The van der Waals surface area contributed by atoms with Crippen molar-refractivity contribution in [3.8, 4) is 0 Å². The molecule has 0 saturated carbocycles. The van der Waals surface area contributed by atoms with Crippen LogP contribution in [0.3, 0.4) is 0 Å². The van der Waals surface area contributed by atoms with Gasteiger partial charge >= 0.3 is 0 Å². The molecule has 0 aliphatic carbocycles. The predicted molar refractivity (Wildman–Crippen MR) is 55.0 cm³/mol. The molecule has 0 radical (unpaired) electrons. The Hall–Kier alpha value is -1.88. The van der Waals surface area contributed by atoms with Crippen LogP contribution in [0.4, 0.5) is 5.69 Å². The summed E-state index contributed by atoms with van der Waals surface area (Å²) in [5.41, 5.74) is 6.14. The molecule has 1 aromatic carbocycles. The molecule has 78 valence electrons. The highest BCUT2D eigenvalue weighted by Gasteiger charge is 2.41. The fourth-order valence-corrected chi connectivity index (χ4v) is 1.36. The van der Waals surface area contributed by atoms with E-state index in [4.69, 9.17) is 5.73 Å². The van der Waals surface area contributed by atoms with E-state index < -0.39 is 12.1 Å². The average Bonchev–Trinajstić information content (AvgIpc) is 2.26. The summed E-state index contributed by atoms with van der Waals surface area (Å²) < 4.78 is 0. The van der Waals surface area contributed by atoms with Crippen LogP contribution in [0.15, 0.2) is 30.3 Å². The van der Waals surface area contributed by atoms with Crippen LogP contribution in [0.25, 0.3) is 0 Å². The zero-order valence-corrected chi connectivity index (χ0v) is 7.94. The number of carbonyl (C=O) groups excluding carboxylic acids is 2. The molecule has 1 heterocycles. The summed E-state index contributed by atoms with van der Waals surface area (Å²) in [6.07, 6.45) is 0. The maximum Gasteiger partial charge on any atom is 0.249 e. The summed E-state index contributed by atoms with van der Waals surface area (Å²) >= 11 is 0. The van der Waals surface area contributed by atoms with Gasteiger partial charge in [-0.05, 0) is 12.1 Å². The highest BCUT2D eigenvalue weighted by Crippen LogP contribution is 2.09. The average molecular weight is 205 g/mol. The van der Waals surface area contributed by atoms with E-state index in [1.165, 1.54) is 0 Å². The number of hydrogen-bond donors (Lipinski definition) is 3. The van der Waals surface area contributed by atoms with Crippen LogP contribution < -0.4 is 16.4 Å². The van der Waals surface area contributed by atoms with Crippen molar-refractivity contribution in [2.75, 3.05) is 5.32 Å². The smallest absolute Gasteiger partial charge is 0.249 e. The highest BCUT2D eigenvalue weighted by atomic mass is 16.2. The molecule has 2 amide bonds. The number of hydrogen-bond acceptors (Lipinski definition) is 3. The van der Waals surface area contributed by atoms with Crippen LogP contribution in [0.5, 0.6) is 0 Å². The van der Waals surface area contributed by atoms with E-state index in [9.17, 15) is 9.59 Å². The first kappa shape index (κ1) is 9.67. The first-order chi connectivity index (χ1) is 7.18. The number of anilines is 1. The topological polar surface area (TPSA) is 84.2 Å². The van der Waals surface area contributed by atoms with E-state index >= 15 is 0 Å². The molecule has 0 spiro atoms. The molecule has 2 atom stereocenters. The third-order valence-electron chi connectivity index (χ3n) is 2.28. The predicted octanol–water partition coefficient (Wildman–Crippen LogP) is -0.549. The lowest BCUT2D eigenvalue weighted by Crippen LogP contribution is -2.70. The molecule has 1 saturated heterocycles. The fourth-order valence-electron chi connectivity index (χ4n) is 1.36. The van der Waals surface area contributed by atoms with Gasteiger partial charge in [-0.1, -0.05) is 18.2 Å². The summed E-state index contributed by atoms with van der Waals surface area (Å²) in [5, 5.41) is 5.10. The summed E-state index contributed by atoms with van der Waals surface area (Å²) in [6, 6.07) is 7.68. The summed E-state index contributed by atoms with van der Waals surface area (Å²) in [7, 11) is 0. The van der Waals surface area contributed by atoms with Gasteiger partial charge in [0.1, 0.15) is 12.1 Å². The maximum atomic E-state index is 11.5. The van der Waals surface area contributed by atoms with Gasteiger partial charge in [0.25, 0.3) is 0 Å². The molecule has 5 heteroatoms. The summed E-state index contributed by atoms with van der Waals surface area (Å²) in [5.74, 6) is -0.573. The fraction of sp³-hybridized carbons (Fsp3) is 0.200. The van der Waals surface area contributed by atoms with Gasteiger partial charge in [0.15, 0.2) is 0 Å². The lowest BCUT2D eigenvalue weighted by molar-refractivity contribution is -0.136. The van der Waals surface area contributed by atoms with Gasteiger partial charge < -0.3 is 16.4 Å². The van der Waals surface area contributed by atoms with E-state index in [1.54, 1.807) is 12.1 Å². The Morgan fingerprint density at radius 3 is 2.53 bits per heavy atom. The van der Waals surface area contributed by atoms with Crippen molar-refractivity contribution in [1.29, 1.82) is 0 Å². The first-order valence-corrected chi connectivity index (χ1v) is 4.60. The van der Waals surface area contributed by atoms with E-state index in [-0.39, 0.29) is 11.8 Å². The van der Waals surface area contributed by atoms with Crippen molar-refractivity contribution in [3.05, 3.63) is 30.3 Å². The Morgan fingerprint density at radius 2 is 2.00 bits per heavy atom. The second-order valence-electron chi connectivity index (χ2n) is 3.37. The molecule has 0 aromatic heterocycles. The van der Waals surface area contributed by atoms with Crippen LogP contribution in [0.1, 0.15) is 0 Å². The second kappa shape index (κ2) is 3.70. The van der Waals surface area contributed by atoms with Crippen molar-refractivity contribution in [3.63, 3.8) is 0 Å². The number of para-hydroxylation sites is 1. The van der Waals surface area contributed by atoms with Crippen molar-refractivity contribution in [1.82, 2.24) is 5.32 Å². The molecule has 4 N–H and O–H groups in total. The van der Waals surface area contributed by atoms with Crippen molar-refractivity contribution >= 4 is 17.5 Å². The van der Waals surface area contributed by atoms with E-state index in [1.807, 2.05) is 18.2 Å². The van der Waals surface area contributed by atoms with Crippen LogP contribution in [0.2, 0.25) is 0 Å². The highest BCUT2D eigenvalue weighted by molar-refractivity contribution is 6.06. The number of carbonyl (C=O) groups is 2. The van der Waals surface area contributed by atoms with Crippen LogP contribution >= 0.6 is 0 Å². The molecule has 1 fully saturated rings. The van der Waals surface area contributed by atoms with Gasteiger partial charge in [0.2, 0.25) is 11.8 Å². The monoisotopic (exact) mass is 205 g/mol. The minimum Gasteiger partial charge on any atom is -0.341 e. The molecule has 15 heavy (non-hydrogen) atoms. The van der Waals surface area contributed by atoms with Gasteiger partial charge in [-0.2, -0.15) is 0 Å². The van der Waals surface area contributed by atoms with Gasteiger partial charge in [0.05, 0.1) is 0 Å². The lowest BCUT2D eigenvalue weighted by Gasteiger charge is -2.32. The molecule has 1 aliphatic heterocycles. The van der Waals surface area contributed by atoms with Gasteiger partial charge in [0, 0.05) is 5.69 Å². The molecule has 2 rings (SSSR count). The molecular weight excluding hydrogens is 194 g/mol. The minimum atomic E-state index is -0.728. The molecule has 0 bridgehead atoms. The largest absolute Gasteiger partial charge is 0.341 e. The molecule has 1 aromatic rings. The van der Waals surface area contributed by atoms with Crippen LogP contribution in [-0.4, -0.2) is 23.9 Å². The lowest BCUT2D eigenvalue weighted by atomic mass is 9.99. The first-order valence-electron chi connectivity index (χ1n) is 4.60. The van der Waals surface area contributed by atoms with Gasteiger partial charge in [-0.3, -0.25) is 9.59 Å². The third-order valence-corrected chi connectivity index (χ3v) is 2.28. The molecule has 0 unspecified atom stereocenters. The quantitative estimate of drug-likeness (QED) is 0.566. The second-order valence-corrected chi connectivity index (χ2v) is 3.37. The molecule has 1 aliphatic rings. The molecule has 5 nitrogen and oxygen atoms in total. The Balaban J connectivity index is 1.97. The van der Waals surface area contributed by atoms with Crippen molar-refractivity contribution in [2.45, 2.75) is 12.1 Å². The van der Waals surface area contributed by atoms with Crippen LogP contribution in [-0.2, 0) is 9.59 Å². The normalized spacial score (nSPS) is 23.9. The number of β-lactam (4-membered cyclic amide) rings is 1. The van der Waals surface area contributed by atoms with E-state index in [2.05, 4.69) is 10.6 Å². The maximum absolute atomic E-state index is 11.5. The zero-order valence-electron chi connectivity index (χ0n) is 7.94. The number of rotatable bonds is 2. The standard InChI is InChI=1S/C10H11N3O2/c11-7-8(13-9(7)14)10(15)12-6-4-2-1-3-5-6/h1-5,7-8H,11H2,(H,12,15)(H,13,14)/t7-,8-/m1/s1. The Kier molecular flexibility index (Phi) is 2.39. The summed E-state index contributed by atoms with van der Waals surface area (Å²) in [4.78, 5) is 22.3. The molecular formula is C10H11N3O2. The Morgan fingerprint density at radius 1 is 1.33 bits per heavy atom. The number of amides is 2. The Bertz CT molecular complexity index is 391. The summed E-state index contributed by atoms with van der Waals surface area (Å²) in [6.45, 7) is 0. The SMILES string of the molecule is N[C@H]1C(=O)N[C@H]1C(=O)Nc1ccccc1. The van der Waals surface area contributed by atoms with Crippen molar-refractivity contribution < 1.29 is 9.59 Å². The number of nitrogens with two attached hydrogens (primary N) is 1. The van der Waals surface area contributed by atoms with Crippen molar-refractivity contribution in [2.24, 2.45) is 5.73 Å². The number of benzene rings is 1. The van der Waals surface area contributed by atoms with Gasteiger partial charge in [-0.25, -0.2) is 0 Å². The minimum absolute atomic E-state index is 0.284.